The van der Waals surface area contributed by atoms with Crippen LogP contribution >= 0.6 is 11.3 Å². The van der Waals surface area contributed by atoms with Crippen molar-refractivity contribution in [3.05, 3.63) is 75.1 Å². The summed E-state index contributed by atoms with van der Waals surface area (Å²) in [4.78, 5) is 4.97. The fourth-order valence-corrected chi connectivity index (χ4v) is 4.07. The summed E-state index contributed by atoms with van der Waals surface area (Å²) in [6.07, 6.45) is 4.49. The minimum Gasteiger partial charge on any atom is -0.619 e. The van der Waals surface area contributed by atoms with Crippen LogP contribution in [0.2, 0.25) is 0 Å². The number of nitrogens with zero attached hydrogens (tertiary/aromatic N) is 2. The molecule has 0 fully saturated rings. The smallest absolute Gasteiger partial charge is 0.387 e. The largest absolute Gasteiger partial charge is 0.619 e. The van der Waals surface area contributed by atoms with E-state index in [1.54, 1.807) is 26.0 Å². The number of halogens is 4. The van der Waals surface area contributed by atoms with E-state index in [0.29, 0.717) is 26.6 Å². The van der Waals surface area contributed by atoms with Gasteiger partial charge in [0.05, 0.1) is 10.5 Å². The Bertz CT molecular complexity index is 1040. The summed E-state index contributed by atoms with van der Waals surface area (Å²) in [5.41, 5.74) is 0.0735. The van der Waals surface area contributed by atoms with Gasteiger partial charge in [-0.3, -0.25) is 0 Å². The number of ether oxygens (including phenoxy) is 2. The average Bonchev–Trinajstić information content (AvgIpc) is 3.19. The van der Waals surface area contributed by atoms with Crippen molar-refractivity contribution in [3.63, 3.8) is 0 Å². The van der Waals surface area contributed by atoms with Crippen molar-refractivity contribution in [1.82, 2.24) is 4.98 Å². The maximum absolute atomic E-state index is 12.9. The third-order valence-electron chi connectivity index (χ3n) is 4.54. The van der Waals surface area contributed by atoms with Crippen molar-refractivity contribution >= 4 is 11.3 Å². The monoisotopic (exact) mass is 472 g/mol. The molecule has 0 saturated heterocycles. The Morgan fingerprint density at radius 3 is 2.25 bits per heavy atom. The standard InChI is InChI=1S/C21H20F4N2O4S/c1-21(2,28)17-11-26-18(32-17)14(9-12-5-7-27(29)8-6-12)13-3-4-15(30-19(22)23)16(10-13)31-20(24)25/h3-8,10-11,14,19-20,28H,9H2,1-2H3. The summed E-state index contributed by atoms with van der Waals surface area (Å²) >= 11 is 1.23. The van der Waals surface area contributed by atoms with Gasteiger partial charge in [-0.2, -0.15) is 22.3 Å². The number of hydrogen-bond donors (Lipinski definition) is 1. The Labute approximate surface area is 185 Å². The number of aromatic nitrogens is 2. The number of aliphatic hydroxyl groups is 1. The Balaban J connectivity index is 2.05. The molecule has 0 amide bonds. The first-order chi connectivity index (χ1) is 15.0. The predicted molar refractivity (Wildman–Crippen MR) is 108 cm³/mol. The number of benzene rings is 1. The number of hydrogen-bond acceptors (Lipinski definition) is 6. The van der Waals surface area contributed by atoms with Gasteiger partial charge in [-0.15, -0.1) is 11.3 Å². The van der Waals surface area contributed by atoms with Gasteiger partial charge in [-0.1, -0.05) is 6.07 Å². The third-order valence-corrected chi connectivity index (χ3v) is 5.96. The normalized spacial score (nSPS) is 12.9. The predicted octanol–water partition coefficient (Wildman–Crippen LogP) is 4.58. The maximum Gasteiger partial charge on any atom is 0.387 e. The molecule has 1 N–H and O–H groups in total. The summed E-state index contributed by atoms with van der Waals surface area (Å²) in [7, 11) is 0. The van der Waals surface area contributed by atoms with Crippen molar-refractivity contribution in [2.45, 2.75) is 45.0 Å². The number of rotatable bonds is 9. The summed E-state index contributed by atoms with van der Waals surface area (Å²) < 4.78 is 60.4. The van der Waals surface area contributed by atoms with Crippen molar-refractivity contribution in [1.29, 1.82) is 0 Å². The molecule has 32 heavy (non-hydrogen) atoms. The Morgan fingerprint density at radius 2 is 1.69 bits per heavy atom. The van der Waals surface area contributed by atoms with E-state index < -0.39 is 36.2 Å². The number of pyridine rings is 1. The second-order valence-corrected chi connectivity index (χ2v) is 8.47. The molecule has 2 aromatic heterocycles. The van der Waals surface area contributed by atoms with Crippen LogP contribution < -0.4 is 14.2 Å². The Morgan fingerprint density at radius 1 is 1.06 bits per heavy atom. The molecule has 1 unspecified atom stereocenters. The van der Waals surface area contributed by atoms with E-state index in [0.717, 1.165) is 11.6 Å². The van der Waals surface area contributed by atoms with Crippen molar-refractivity contribution in [2.24, 2.45) is 0 Å². The van der Waals surface area contributed by atoms with Gasteiger partial charge >= 0.3 is 13.2 Å². The van der Waals surface area contributed by atoms with Gasteiger partial charge in [0.2, 0.25) is 0 Å². The summed E-state index contributed by atoms with van der Waals surface area (Å²) in [6, 6.07) is 7.01. The lowest BCUT2D eigenvalue weighted by Crippen LogP contribution is -2.24. The van der Waals surface area contributed by atoms with E-state index in [1.165, 1.54) is 42.1 Å². The van der Waals surface area contributed by atoms with Crippen LogP contribution in [-0.2, 0) is 12.0 Å². The second-order valence-electron chi connectivity index (χ2n) is 7.41. The molecule has 172 valence electrons. The minimum atomic E-state index is -3.24. The van der Waals surface area contributed by atoms with E-state index in [4.69, 9.17) is 0 Å². The van der Waals surface area contributed by atoms with E-state index in [9.17, 15) is 27.9 Å². The quantitative estimate of drug-likeness (QED) is 0.280. The zero-order valence-corrected chi connectivity index (χ0v) is 17.9. The van der Waals surface area contributed by atoms with Gasteiger partial charge in [0.1, 0.15) is 5.01 Å². The van der Waals surface area contributed by atoms with E-state index >= 15 is 0 Å². The zero-order chi connectivity index (χ0) is 23.5. The van der Waals surface area contributed by atoms with Crippen LogP contribution in [0.3, 0.4) is 0 Å². The fraction of sp³-hybridized carbons (Fsp3) is 0.333. The first-order valence-electron chi connectivity index (χ1n) is 9.43. The average molecular weight is 472 g/mol. The zero-order valence-electron chi connectivity index (χ0n) is 17.0. The van der Waals surface area contributed by atoms with Gasteiger partial charge in [0, 0.05) is 24.2 Å². The fourth-order valence-electron chi connectivity index (χ4n) is 3.02. The molecule has 1 atom stereocenters. The Hall–Kier alpha value is -2.92. The molecule has 0 aliphatic rings. The molecule has 0 spiro atoms. The van der Waals surface area contributed by atoms with E-state index in [-0.39, 0.29) is 0 Å². The molecule has 2 heterocycles. The van der Waals surface area contributed by atoms with Gasteiger partial charge in [-0.25, -0.2) is 4.98 Å². The summed E-state index contributed by atoms with van der Waals surface area (Å²) in [5.74, 6) is -1.56. The first kappa shape index (κ1) is 23.7. The maximum atomic E-state index is 12.9. The molecule has 0 aliphatic heterocycles. The molecule has 1 aromatic carbocycles. The number of alkyl halides is 4. The molecular formula is C21H20F4N2O4S. The topological polar surface area (TPSA) is 78.5 Å². The molecule has 0 bridgehead atoms. The molecule has 3 rings (SSSR count). The van der Waals surface area contributed by atoms with E-state index in [1.807, 2.05) is 0 Å². The molecule has 0 saturated carbocycles. The molecule has 3 aromatic rings. The molecule has 0 radical (unpaired) electrons. The summed E-state index contributed by atoms with van der Waals surface area (Å²) in [6.45, 7) is -3.25. The molecule has 11 heteroatoms. The van der Waals surface area contributed by atoms with Crippen LogP contribution in [0.25, 0.3) is 0 Å². The molecular weight excluding hydrogens is 452 g/mol. The highest BCUT2D eigenvalue weighted by Gasteiger charge is 2.26. The van der Waals surface area contributed by atoms with Crippen LogP contribution in [0.4, 0.5) is 17.6 Å². The van der Waals surface area contributed by atoms with Crippen LogP contribution in [0.5, 0.6) is 11.5 Å². The van der Waals surface area contributed by atoms with Crippen molar-refractivity contribution in [2.75, 3.05) is 0 Å². The van der Waals surface area contributed by atoms with Gasteiger partial charge in [0.15, 0.2) is 23.9 Å². The van der Waals surface area contributed by atoms with Gasteiger partial charge < -0.3 is 19.8 Å². The molecule has 0 aliphatic carbocycles. The van der Waals surface area contributed by atoms with Crippen molar-refractivity contribution < 1.29 is 36.9 Å². The SMILES string of the molecule is CC(C)(O)c1cnc(C(Cc2cc[n+]([O-])cc2)c2ccc(OC(F)F)c(OC(F)F)c2)s1. The lowest BCUT2D eigenvalue weighted by Gasteiger charge is -2.19. The van der Waals surface area contributed by atoms with Crippen LogP contribution in [0.1, 0.15) is 40.8 Å². The van der Waals surface area contributed by atoms with Crippen LogP contribution in [0.15, 0.2) is 48.9 Å². The Kier molecular flexibility index (Phi) is 7.19. The van der Waals surface area contributed by atoms with Gasteiger partial charge in [0.25, 0.3) is 0 Å². The van der Waals surface area contributed by atoms with Gasteiger partial charge in [-0.05, 0) is 43.5 Å². The third kappa shape index (κ3) is 6.07. The highest BCUT2D eigenvalue weighted by Crippen LogP contribution is 2.39. The summed E-state index contributed by atoms with van der Waals surface area (Å²) in [5, 5.41) is 22.2. The molecule has 6 nitrogen and oxygen atoms in total. The van der Waals surface area contributed by atoms with Crippen molar-refractivity contribution in [3.8, 4) is 11.5 Å². The highest BCUT2D eigenvalue weighted by atomic mass is 32.1. The van der Waals surface area contributed by atoms with Crippen LogP contribution in [-0.4, -0.2) is 23.3 Å². The lowest BCUT2D eigenvalue weighted by atomic mass is 9.92. The highest BCUT2D eigenvalue weighted by molar-refractivity contribution is 7.11. The number of thiazole rings is 1. The first-order valence-corrected chi connectivity index (χ1v) is 10.2. The lowest BCUT2D eigenvalue weighted by molar-refractivity contribution is -0.605. The van der Waals surface area contributed by atoms with Crippen LogP contribution in [0, 0.1) is 5.21 Å². The van der Waals surface area contributed by atoms with E-state index in [2.05, 4.69) is 14.5 Å². The second kappa shape index (κ2) is 9.70. The minimum absolute atomic E-state index is 0.322.